The molecule has 0 heterocycles. The van der Waals surface area contributed by atoms with Crippen LogP contribution in [0.4, 0.5) is 0 Å². The van der Waals surface area contributed by atoms with Crippen molar-refractivity contribution in [1.29, 1.82) is 0 Å². The molecule has 0 aliphatic carbocycles. The highest BCUT2D eigenvalue weighted by molar-refractivity contribution is 5.89. The molecule has 0 rings (SSSR count). The van der Waals surface area contributed by atoms with Crippen LogP contribution < -0.4 is 31.9 Å². The predicted molar refractivity (Wildman–Crippen MR) is 328 cm³/mol. The molecule has 6 N–H and O–H groups in total. The van der Waals surface area contributed by atoms with Gasteiger partial charge in [0.2, 0.25) is 48.0 Å². The van der Waals surface area contributed by atoms with Gasteiger partial charge in [-0.05, 0) is 55.4 Å². The van der Waals surface area contributed by atoms with E-state index in [1.165, 1.54) is 55.4 Å². The molecule has 0 radical (unpaired) electrons. The number of ether oxygens (including phenoxy) is 10. The van der Waals surface area contributed by atoms with Crippen LogP contribution in [0.5, 0.6) is 0 Å². The van der Waals surface area contributed by atoms with Crippen LogP contribution in [-0.4, -0.2) is 186 Å². The summed E-state index contributed by atoms with van der Waals surface area (Å²) in [5.41, 5.74) is -0.867. The third-order valence-electron chi connectivity index (χ3n) is 8.78. The third-order valence-corrected chi connectivity index (χ3v) is 8.78. The molecule has 0 aliphatic rings. The highest BCUT2D eigenvalue weighted by Gasteiger charge is 2.31. The van der Waals surface area contributed by atoms with Gasteiger partial charge in [-0.15, -0.1) is 0 Å². The molecule has 30 heteroatoms. The van der Waals surface area contributed by atoms with Gasteiger partial charge in [0.25, 0.3) is 0 Å². The fourth-order valence-electron chi connectivity index (χ4n) is 4.78. The molecule has 2 unspecified atom stereocenters. The van der Waals surface area contributed by atoms with Gasteiger partial charge in [-0.3, -0.25) is 28.8 Å². The van der Waals surface area contributed by atoms with Crippen molar-refractivity contribution in [3.05, 3.63) is 99.2 Å². The SMILES string of the molecule is C=C(C)C(=O)OC(CNC(C)=O)OCC.C=C(C)C(=O)OCC(C)(COC(=O)C(=C)C)NC(C)=O.C=C(C)C(=O)OCCNC(C)=O.C=CC(=O)OC(CNC(C)=O)OCC.C=CC(=O)OCC(C)(COC(=O)C=C)NC(C)=O.C=CC(=O)OCCNC(C)=O. The first-order valence-electron chi connectivity index (χ1n) is 27.0. The first-order chi connectivity index (χ1) is 41.7. The summed E-state index contributed by atoms with van der Waals surface area (Å²) in [6.45, 7) is 49.4. The Balaban J connectivity index is -0.000000238. The van der Waals surface area contributed by atoms with Crippen molar-refractivity contribution in [3.8, 4) is 0 Å². The van der Waals surface area contributed by atoms with Crippen molar-refractivity contribution in [2.75, 3.05) is 79.0 Å². The minimum Gasteiger partial charge on any atom is -0.461 e. The number of nitrogens with one attached hydrogen (secondary N) is 6. The lowest BCUT2D eigenvalue weighted by atomic mass is 10.1. The summed E-state index contributed by atoms with van der Waals surface area (Å²) >= 11 is 0. The molecule has 0 aliphatic heterocycles. The van der Waals surface area contributed by atoms with E-state index in [1.807, 2.05) is 0 Å². The number of carbonyl (C=O) groups excluding carboxylic acids is 14. The second-order valence-corrected chi connectivity index (χ2v) is 18.5. The van der Waals surface area contributed by atoms with Crippen LogP contribution in [0, 0.1) is 0 Å². The van der Waals surface area contributed by atoms with Gasteiger partial charge in [0.1, 0.15) is 50.7 Å². The monoisotopic (exact) mass is 1280 g/mol. The second kappa shape index (κ2) is 54.8. The van der Waals surface area contributed by atoms with E-state index in [4.69, 9.17) is 42.6 Å². The van der Waals surface area contributed by atoms with Crippen LogP contribution in [0.25, 0.3) is 0 Å². The van der Waals surface area contributed by atoms with E-state index in [0.717, 1.165) is 24.3 Å². The summed E-state index contributed by atoms with van der Waals surface area (Å²) in [5, 5.41) is 15.1. The summed E-state index contributed by atoms with van der Waals surface area (Å²) in [6.07, 6.45) is 2.61. The average molecular weight is 1280 g/mol. The Bertz CT molecular complexity index is 2410. The lowest BCUT2D eigenvalue weighted by Gasteiger charge is -2.29. The number of amides is 6. The summed E-state index contributed by atoms with van der Waals surface area (Å²) in [4.78, 5) is 152. The predicted octanol–water partition coefficient (Wildman–Crippen LogP) is 2.37. The summed E-state index contributed by atoms with van der Waals surface area (Å²) < 4.78 is 48.8. The van der Waals surface area contributed by atoms with E-state index >= 15 is 0 Å². The fraction of sp³-hybridized carbons (Fsp3) is 0.500. The molecule has 0 fully saturated rings. The van der Waals surface area contributed by atoms with Gasteiger partial charge >= 0.3 is 47.8 Å². The first kappa shape index (κ1) is 91.6. The van der Waals surface area contributed by atoms with Gasteiger partial charge in [0.05, 0.1) is 26.2 Å². The molecule has 90 heavy (non-hydrogen) atoms. The molecule has 0 saturated carbocycles. The number of rotatable bonds is 34. The van der Waals surface area contributed by atoms with Gasteiger partial charge in [-0.1, -0.05) is 52.6 Å². The standard InChI is InChI=1S/C14H21NO5.C12H17NO5.C10H17NO4.C9H15NO4.C8H13NO3.C7H11NO3/c1-9(2)12(17)19-7-14(6,15-11(5)16)8-20-13(18)10(3)4;1-5-10(15)17-7-12(4,13-9(3)14)8-18-11(16)6-2;1-5-14-9(6-11-8(4)12)15-10(13)7(2)3;1-4-8(12)14-9(13-5-2)6-10-7(3)11;1-6(2)8(11)12-5-4-9-7(3)10;1-3-7(10)11-5-4-8-6(2)9/h1,3,7-8H2,2,4-6H3,(H,15,16);5-6H,1-2,7-8H2,3-4H3,(H,13,14);9H,2,5-6H2,1,3-4H3,(H,11,12);4,9H,1,5-6H2,2-3H3,(H,10,11);1,4-5H2,2-3H3,(H,9,10);3H,1,4-5H2,2H3,(H,8,9). The zero-order valence-corrected chi connectivity index (χ0v) is 54.4. The zero-order chi connectivity index (χ0) is 71.2. The van der Waals surface area contributed by atoms with Crippen LogP contribution in [0.3, 0.4) is 0 Å². The highest BCUT2D eigenvalue weighted by Crippen LogP contribution is 2.10. The Hall–Kier alpha value is -9.58. The smallest absolute Gasteiger partial charge is 0.335 e. The normalized spacial score (nSPS) is 10.3. The van der Waals surface area contributed by atoms with Crippen LogP contribution in [-0.2, 0) is 114 Å². The van der Waals surface area contributed by atoms with Crippen molar-refractivity contribution in [1.82, 2.24) is 31.9 Å². The Morgan fingerprint density at radius 2 is 0.644 bits per heavy atom. The molecule has 0 aromatic rings. The van der Waals surface area contributed by atoms with E-state index in [2.05, 4.69) is 89.3 Å². The maximum absolute atomic E-state index is 11.4. The Labute approximate surface area is 526 Å². The molecule has 0 aromatic heterocycles. The molecule has 0 bridgehead atoms. The summed E-state index contributed by atoms with van der Waals surface area (Å²) in [7, 11) is 0. The molecular weight excluding hydrogens is 1190 g/mol. The quantitative estimate of drug-likeness (QED) is 0.0177. The van der Waals surface area contributed by atoms with Crippen LogP contribution in [0.15, 0.2) is 99.2 Å². The third kappa shape index (κ3) is 62.9. The van der Waals surface area contributed by atoms with Crippen molar-refractivity contribution >= 4 is 83.2 Å². The average Bonchev–Trinajstić information content (AvgIpc) is 2.60. The van der Waals surface area contributed by atoms with Gasteiger partial charge in [-0.25, -0.2) is 38.4 Å². The topological polar surface area (TPSA) is 403 Å². The fourth-order valence-corrected chi connectivity index (χ4v) is 4.78. The molecule has 508 valence electrons. The van der Waals surface area contributed by atoms with Gasteiger partial charge in [-0.2, -0.15) is 0 Å². The number of carbonyl (C=O) groups is 14. The maximum Gasteiger partial charge on any atom is 0.335 e. The van der Waals surface area contributed by atoms with Crippen LogP contribution in [0.1, 0.15) is 96.9 Å². The molecule has 0 aromatic carbocycles. The van der Waals surface area contributed by atoms with E-state index in [1.54, 1.807) is 41.5 Å². The van der Waals surface area contributed by atoms with Gasteiger partial charge < -0.3 is 79.3 Å². The van der Waals surface area contributed by atoms with Crippen molar-refractivity contribution in [2.45, 2.75) is 121 Å². The molecule has 0 spiro atoms. The summed E-state index contributed by atoms with van der Waals surface area (Å²) in [5.74, 6) is -5.75. The minimum absolute atomic E-state index is 0.137. The lowest BCUT2D eigenvalue weighted by molar-refractivity contribution is -0.173. The number of hydrogen-bond acceptors (Lipinski definition) is 24. The van der Waals surface area contributed by atoms with Crippen LogP contribution >= 0.6 is 0 Å². The van der Waals surface area contributed by atoms with E-state index < -0.39 is 71.4 Å². The molecule has 0 saturated heterocycles. The maximum atomic E-state index is 11.4. The van der Waals surface area contributed by atoms with E-state index in [-0.39, 0.29) is 99.3 Å². The number of esters is 8. The minimum atomic E-state index is -1.01. The Morgan fingerprint density at radius 1 is 0.367 bits per heavy atom. The molecule has 6 amide bonds. The van der Waals surface area contributed by atoms with Crippen LogP contribution in [0.2, 0.25) is 0 Å². The van der Waals surface area contributed by atoms with E-state index in [0.29, 0.717) is 37.4 Å². The highest BCUT2D eigenvalue weighted by atomic mass is 16.7. The van der Waals surface area contributed by atoms with Crippen molar-refractivity contribution in [3.63, 3.8) is 0 Å². The first-order valence-corrected chi connectivity index (χ1v) is 27.0. The molecule has 30 nitrogen and oxygen atoms in total. The zero-order valence-electron chi connectivity index (χ0n) is 54.4. The Morgan fingerprint density at radius 3 is 0.922 bits per heavy atom. The van der Waals surface area contributed by atoms with Crippen molar-refractivity contribution in [2.24, 2.45) is 0 Å². The largest absolute Gasteiger partial charge is 0.461 e. The van der Waals surface area contributed by atoms with Gasteiger partial charge in [0.15, 0.2) is 0 Å². The van der Waals surface area contributed by atoms with Crippen molar-refractivity contribution < 1.29 is 114 Å². The van der Waals surface area contributed by atoms with Gasteiger partial charge in [0, 0.05) is 101 Å². The number of hydrogen-bond donors (Lipinski definition) is 6. The molecular formula is C60H94N6O24. The molecule has 2 atom stereocenters. The lowest BCUT2D eigenvalue weighted by Crippen LogP contribution is -2.53. The summed E-state index contributed by atoms with van der Waals surface area (Å²) in [6, 6.07) is 0. The van der Waals surface area contributed by atoms with E-state index in [9.17, 15) is 67.1 Å². The Kier molecular flexibility index (Phi) is 55.8. The second-order valence-electron chi connectivity index (χ2n) is 18.5.